The van der Waals surface area contributed by atoms with Gasteiger partial charge in [-0.25, -0.2) is 5.01 Å². The van der Waals surface area contributed by atoms with Crippen LogP contribution in [0, 0.1) is 0 Å². The molecule has 1 aliphatic rings. The molecule has 1 saturated heterocycles. The molecule has 1 fully saturated rings. The third-order valence-electron chi connectivity index (χ3n) is 4.49. The van der Waals surface area contributed by atoms with Gasteiger partial charge in [-0.3, -0.25) is 4.98 Å². The Bertz CT molecular complexity index is 963. The monoisotopic (exact) mass is 388 g/mol. The van der Waals surface area contributed by atoms with Crippen LogP contribution in [0.25, 0.3) is 10.1 Å². The Labute approximate surface area is 157 Å². The molecule has 0 amide bonds. The van der Waals surface area contributed by atoms with Crippen LogP contribution in [0.4, 0.5) is 5.69 Å². The number of fused-ring (bicyclic) bond motifs is 1. The van der Waals surface area contributed by atoms with E-state index in [0.717, 1.165) is 23.2 Å². The van der Waals surface area contributed by atoms with E-state index >= 15 is 0 Å². The fourth-order valence-electron chi connectivity index (χ4n) is 3.06. The summed E-state index contributed by atoms with van der Waals surface area (Å²) in [5.41, 5.74) is 0.660. The zero-order valence-corrected chi connectivity index (χ0v) is 16.1. The van der Waals surface area contributed by atoms with Gasteiger partial charge >= 0.3 is 0 Å². The minimum absolute atomic E-state index is 0.336. The number of rotatable bonds is 4. The van der Waals surface area contributed by atoms with Crippen molar-refractivity contribution in [1.82, 2.24) is 14.9 Å². The molecule has 0 aliphatic carbocycles. The Kier molecular flexibility index (Phi) is 4.66. The fraction of sp³-hybridized carbons (Fsp3) is 0.278. The fourth-order valence-corrected chi connectivity index (χ4v) is 6.04. The molecule has 2 aromatic heterocycles. The van der Waals surface area contributed by atoms with Crippen LogP contribution >= 0.6 is 11.3 Å². The molecule has 0 spiro atoms. The zero-order chi connectivity index (χ0) is 18.1. The average Bonchev–Trinajstić information content (AvgIpc) is 3.09. The normalized spacial score (nSPS) is 16.8. The highest BCUT2D eigenvalue weighted by Crippen LogP contribution is 2.33. The van der Waals surface area contributed by atoms with Crippen LogP contribution in [-0.4, -0.2) is 56.5 Å². The van der Waals surface area contributed by atoms with Gasteiger partial charge < -0.3 is 4.90 Å². The summed E-state index contributed by atoms with van der Waals surface area (Å²) in [6.07, 6.45) is 3.39. The first-order chi connectivity index (χ1) is 12.6. The van der Waals surface area contributed by atoms with Crippen molar-refractivity contribution in [3.05, 3.63) is 54.9 Å². The van der Waals surface area contributed by atoms with Crippen LogP contribution in [0.3, 0.4) is 0 Å². The second-order valence-corrected chi connectivity index (χ2v) is 9.40. The lowest BCUT2D eigenvalue weighted by Crippen LogP contribution is -2.54. The van der Waals surface area contributed by atoms with Gasteiger partial charge in [0.25, 0.3) is 10.0 Å². The van der Waals surface area contributed by atoms with Crippen LogP contribution in [0.1, 0.15) is 0 Å². The van der Waals surface area contributed by atoms with Crippen molar-refractivity contribution in [3.8, 4) is 0 Å². The Hall–Kier alpha value is -2.00. The molecule has 0 bridgehead atoms. The van der Waals surface area contributed by atoms with Gasteiger partial charge in [-0.15, -0.1) is 11.3 Å². The van der Waals surface area contributed by atoms with Crippen molar-refractivity contribution in [2.75, 3.05) is 37.6 Å². The number of hydrogen-bond acceptors (Lipinski definition) is 6. The van der Waals surface area contributed by atoms with Crippen molar-refractivity contribution in [2.45, 2.75) is 4.21 Å². The molecule has 0 radical (unpaired) electrons. The highest BCUT2D eigenvalue weighted by Gasteiger charge is 2.33. The summed E-state index contributed by atoms with van der Waals surface area (Å²) in [5.74, 6) is 0. The highest BCUT2D eigenvalue weighted by molar-refractivity contribution is 7.94. The number of anilines is 1. The highest BCUT2D eigenvalue weighted by atomic mass is 32.2. The topological polar surface area (TPSA) is 56.8 Å². The first-order valence-corrected chi connectivity index (χ1v) is 10.7. The molecule has 0 N–H and O–H groups in total. The number of nitrogens with zero attached hydrogens (tertiary/aromatic N) is 4. The van der Waals surface area contributed by atoms with E-state index in [-0.39, 0.29) is 0 Å². The van der Waals surface area contributed by atoms with E-state index in [2.05, 4.69) is 16.9 Å². The summed E-state index contributed by atoms with van der Waals surface area (Å²) in [4.78, 5) is 6.30. The predicted molar refractivity (Wildman–Crippen MR) is 105 cm³/mol. The minimum atomic E-state index is -3.70. The number of benzene rings is 1. The lowest BCUT2D eigenvalue weighted by atomic mass is 10.3. The van der Waals surface area contributed by atoms with Crippen molar-refractivity contribution in [3.63, 3.8) is 0 Å². The van der Waals surface area contributed by atoms with E-state index in [1.54, 1.807) is 18.5 Å². The number of piperazine rings is 1. The van der Waals surface area contributed by atoms with Gasteiger partial charge in [0, 0.05) is 48.7 Å². The summed E-state index contributed by atoms with van der Waals surface area (Å²) in [6, 6.07) is 12.9. The smallest absolute Gasteiger partial charge is 0.287 e. The molecule has 136 valence electrons. The summed E-state index contributed by atoms with van der Waals surface area (Å²) >= 11 is 1.29. The van der Waals surface area contributed by atoms with Crippen molar-refractivity contribution in [2.24, 2.45) is 0 Å². The molecule has 0 atom stereocenters. The Morgan fingerprint density at radius 2 is 1.81 bits per heavy atom. The van der Waals surface area contributed by atoms with E-state index < -0.39 is 10.0 Å². The van der Waals surface area contributed by atoms with Crippen molar-refractivity contribution >= 4 is 37.1 Å². The number of para-hydroxylation sites is 1. The maximum Gasteiger partial charge on any atom is 0.287 e. The molecule has 3 aromatic rings. The third-order valence-corrected chi connectivity index (χ3v) is 7.81. The van der Waals surface area contributed by atoms with E-state index in [0.29, 0.717) is 23.0 Å². The number of hydrogen-bond donors (Lipinski definition) is 0. The summed E-state index contributed by atoms with van der Waals surface area (Å²) in [5, 5.41) is 2.77. The molecule has 1 aliphatic heterocycles. The lowest BCUT2D eigenvalue weighted by Gasteiger charge is -2.40. The third kappa shape index (κ3) is 3.21. The first kappa shape index (κ1) is 17.4. The Balaban J connectivity index is 1.79. The molecular weight excluding hydrogens is 368 g/mol. The number of thiophene rings is 1. The van der Waals surface area contributed by atoms with Gasteiger partial charge in [-0.05, 0) is 31.3 Å². The van der Waals surface area contributed by atoms with Gasteiger partial charge in [-0.2, -0.15) is 12.8 Å². The second-order valence-electron chi connectivity index (χ2n) is 6.32. The maximum absolute atomic E-state index is 13.5. The number of aromatic nitrogens is 1. The van der Waals surface area contributed by atoms with Crippen LogP contribution < -0.4 is 4.41 Å². The summed E-state index contributed by atoms with van der Waals surface area (Å²) in [6.45, 7) is 2.98. The van der Waals surface area contributed by atoms with Gasteiger partial charge in [0.2, 0.25) is 0 Å². The predicted octanol–water partition coefficient (Wildman–Crippen LogP) is 2.65. The summed E-state index contributed by atoms with van der Waals surface area (Å²) < 4.78 is 29.8. The lowest BCUT2D eigenvalue weighted by molar-refractivity contribution is 0.161. The SMILES string of the molecule is CN1CCN(N(c2ccccc2)S(=O)(=O)c2cc3cnccc3s2)CC1. The van der Waals surface area contributed by atoms with Gasteiger partial charge in [0.05, 0.1) is 5.69 Å². The Morgan fingerprint density at radius 3 is 2.50 bits per heavy atom. The maximum atomic E-state index is 13.5. The van der Waals surface area contributed by atoms with E-state index in [9.17, 15) is 8.42 Å². The largest absolute Gasteiger partial charge is 0.304 e. The molecule has 6 nitrogen and oxygen atoms in total. The number of sulfonamides is 1. The van der Waals surface area contributed by atoms with Crippen molar-refractivity contribution in [1.29, 1.82) is 0 Å². The molecule has 1 aromatic carbocycles. The molecule has 26 heavy (non-hydrogen) atoms. The quantitative estimate of drug-likeness (QED) is 0.688. The second kappa shape index (κ2) is 6.96. The molecule has 0 unspecified atom stereocenters. The minimum Gasteiger partial charge on any atom is -0.304 e. The first-order valence-electron chi connectivity index (χ1n) is 8.43. The van der Waals surface area contributed by atoms with E-state index in [1.807, 2.05) is 41.4 Å². The van der Waals surface area contributed by atoms with Gasteiger partial charge in [0.1, 0.15) is 4.21 Å². The van der Waals surface area contributed by atoms with Crippen LogP contribution in [0.5, 0.6) is 0 Å². The van der Waals surface area contributed by atoms with Gasteiger partial charge in [-0.1, -0.05) is 18.2 Å². The molecule has 4 rings (SSSR count). The van der Waals surface area contributed by atoms with E-state index in [4.69, 9.17) is 0 Å². The molecular formula is C18H20N4O2S2. The standard InChI is InChI=1S/C18H20N4O2S2/c1-20-9-11-21(12-10-20)22(16-5-3-2-4-6-16)26(23,24)18-13-15-14-19-8-7-17(15)25-18/h2-8,13-14H,9-12H2,1H3. The van der Waals surface area contributed by atoms with Crippen LogP contribution in [-0.2, 0) is 10.0 Å². The van der Waals surface area contributed by atoms with Crippen molar-refractivity contribution < 1.29 is 8.42 Å². The molecule has 0 saturated carbocycles. The van der Waals surface area contributed by atoms with Crippen LogP contribution in [0.15, 0.2) is 59.1 Å². The number of likely N-dealkylation sites (N-methyl/N-ethyl adjacent to an activating group) is 1. The molecule has 8 heteroatoms. The average molecular weight is 389 g/mol. The van der Waals surface area contributed by atoms with E-state index in [1.165, 1.54) is 15.8 Å². The Morgan fingerprint density at radius 1 is 1.08 bits per heavy atom. The molecule has 3 heterocycles. The zero-order valence-electron chi connectivity index (χ0n) is 14.4. The van der Waals surface area contributed by atoms with Crippen LogP contribution in [0.2, 0.25) is 0 Å². The number of pyridine rings is 1. The van der Waals surface area contributed by atoms with Gasteiger partial charge in [0.15, 0.2) is 0 Å². The summed E-state index contributed by atoms with van der Waals surface area (Å²) in [7, 11) is -1.65. The number of hydrazine groups is 1.